The van der Waals surface area contributed by atoms with Crippen LogP contribution in [-0.2, 0) is 0 Å². The summed E-state index contributed by atoms with van der Waals surface area (Å²) in [6.45, 7) is 1.92. The van der Waals surface area contributed by atoms with E-state index in [0.29, 0.717) is 5.56 Å². The molecule has 1 aromatic rings. The van der Waals surface area contributed by atoms with Crippen molar-refractivity contribution in [3.63, 3.8) is 0 Å². The van der Waals surface area contributed by atoms with Crippen molar-refractivity contribution in [2.24, 2.45) is 0 Å². The molecule has 0 aliphatic carbocycles. The fourth-order valence-corrected chi connectivity index (χ4v) is 1.68. The Labute approximate surface area is 92.2 Å². The standard InChI is InChI=1S/C10H14BrFN2/c1-7(13-14(2)3)9-6-8(11)4-5-10(9)12/h4-7,13H,1-3H3. The summed E-state index contributed by atoms with van der Waals surface area (Å²) in [6, 6.07) is 4.91. The van der Waals surface area contributed by atoms with Gasteiger partial charge in [-0.15, -0.1) is 0 Å². The van der Waals surface area contributed by atoms with Crippen LogP contribution in [0.4, 0.5) is 4.39 Å². The van der Waals surface area contributed by atoms with Gasteiger partial charge in [0.25, 0.3) is 0 Å². The van der Waals surface area contributed by atoms with Crippen molar-refractivity contribution in [3.05, 3.63) is 34.1 Å². The van der Waals surface area contributed by atoms with Gasteiger partial charge in [0.1, 0.15) is 5.82 Å². The average Bonchev–Trinajstić information content (AvgIpc) is 2.08. The van der Waals surface area contributed by atoms with Crippen molar-refractivity contribution in [2.75, 3.05) is 14.1 Å². The Morgan fingerprint density at radius 3 is 2.64 bits per heavy atom. The van der Waals surface area contributed by atoms with E-state index in [1.54, 1.807) is 12.1 Å². The summed E-state index contributed by atoms with van der Waals surface area (Å²) in [5.41, 5.74) is 3.76. The van der Waals surface area contributed by atoms with Crippen LogP contribution in [0.15, 0.2) is 22.7 Å². The van der Waals surface area contributed by atoms with Crippen LogP contribution in [0, 0.1) is 5.82 Å². The van der Waals surface area contributed by atoms with E-state index in [4.69, 9.17) is 0 Å². The summed E-state index contributed by atoms with van der Waals surface area (Å²) in [4.78, 5) is 0. The normalized spacial score (nSPS) is 13.3. The molecule has 1 N–H and O–H groups in total. The molecule has 1 atom stereocenters. The molecular weight excluding hydrogens is 247 g/mol. The molecule has 2 nitrogen and oxygen atoms in total. The molecule has 0 amide bonds. The molecule has 0 radical (unpaired) electrons. The highest BCUT2D eigenvalue weighted by Crippen LogP contribution is 2.21. The zero-order valence-electron chi connectivity index (χ0n) is 8.51. The molecule has 0 saturated heterocycles. The molecule has 0 spiro atoms. The highest BCUT2D eigenvalue weighted by Gasteiger charge is 2.11. The lowest BCUT2D eigenvalue weighted by Crippen LogP contribution is -2.33. The first kappa shape index (κ1) is 11.6. The largest absolute Gasteiger partial charge is 0.250 e. The summed E-state index contributed by atoms with van der Waals surface area (Å²) >= 11 is 3.32. The zero-order valence-corrected chi connectivity index (χ0v) is 10.1. The van der Waals surface area contributed by atoms with E-state index >= 15 is 0 Å². The van der Waals surface area contributed by atoms with Crippen LogP contribution in [-0.4, -0.2) is 19.1 Å². The van der Waals surface area contributed by atoms with Crippen LogP contribution in [0.5, 0.6) is 0 Å². The molecule has 14 heavy (non-hydrogen) atoms. The van der Waals surface area contributed by atoms with Crippen molar-refractivity contribution in [3.8, 4) is 0 Å². The van der Waals surface area contributed by atoms with Gasteiger partial charge in [-0.05, 0) is 25.1 Å². The highest BCUT2D eigenvalue weighted by atomic mass is 79.9. The van der Waals surface area contributed by atoms with Crippen molar-refractivity contribution >= 4 is 15.9 Å². The number of rotatable bonds is 3. The van der Waals surface area contributed by atoms with E-state index in [-0.39, 0.29) is 11.9 Å². The molecule has 1 rings (SSSR count). The number of hydrazine groups is 1. The third-order valence-corrected chi connectivity index (χ3v) is 2.37. The van der Waals surface area contributed by atoms with E-state index < -0.39 is 0 Å². The maximum atomic E-state index is 13.4. The van der Waals surface area contributed by atoms with Crippen LogP contribution >= 0.6 is 15.9 Å². The van der Waals surface area contributed by atoms with E-state index in [1.807, 2.05) is 26.0 Å². The third kappa shape index (κ3) is 3.04. The monoisotopic (exact) mass is 260 g/mol. The van der Waals surface area contributed by atoms with Gasteiger partial charge in [-0.3, -0.25) is 5.01 Å². The first-order chi connectivity index (χ1) is 6.50. The maximum Gasteiger partial charge on any atom is 0.128 e. The Balaban J connectivity index is 2.88. The molecule has 0 fully saturated rings. The maximum absolute atomic E-state index is 13.4. The van der Waals surface area contributed by atoms with Crippen LogP contribution in [0.25, 0.3) is 0 Å². The molecule has 1 aromatic carbocycles. The highest BCUT2D eigenvalue weighted by molar-refractivity contribution is 9.10. The SMILES string of the molecule is CC(NN(C)C)c1cc(Br)ccc1F. The fraction of sp³-hybridized carbons (Fsp3) is 0.400. The minimum Gasteiger partial charge on any atom is -0.250 e. The van der Waals surface area contributed by atoms with Gasteiger partial charge in [-0.25, -0.2) is 9.82 Å². The van der Waals surface area contributed by atoms with E-state index in [2.05, 4.69) is 21.4 Å². The van der Waals surface area contributed by atoms with E-state index in [1.165, 1.54) is 6.07 Å². The average molecular weight is 261 g/mol. The predicted molar refractivity (Wildman–Crippen MR) is 59.3 cm³/mol. The quantitative estimate of drug-likeness (QED) is 0.841. The molecular formula is C10H14BrFN2. The lowest BCUT2D eigenvalue weighted by Gasteiger charge is -2.20. The van der Waals surface area contributed by atoms with Gasteiger partial charge in [0.2, 0.25) is 0 Å². The molecule has 0 bridgehead atoms. The first-order valence-electron chi connectivity index (χ1n) is 4.39. The van der Waals surface area contributed by atoms with Gasteiger partial charge in [-0.1, -0.05) is 15.9 Å². The summed E-state index contributed by atoms with van der Waals surface area (Å²) in [7, 11) is 3.76. The second-order valence-electron chi connectivity index (χ2n) is 3.41. The Morgan fingerprint density at radius 2 is 2.07 bits per heavy atom. The van der Waals surface area contributed by atoms with Gasteiger partial charge in [0.15, 0.2) is 0 Å². The van der Waals surface area contributed by atoms with Gasteiger partial charge in [0.05, 0.1) is 0 Å². The Morgan fingerprint density at radius 1 is 1.43 bits per heavy atom. The van der Waals surface area contributed by atoms with E-state index in [0.717, 1.165) is 4.47 Å². The lowest BCUT2D eigenvalue weighted by atomic mass is 10.1. The molecule has 0 heterocycles. The third-order valence-electron chi connectivity index (χ3n) is 1.88. The van der Waals surface area contributed by atoms with Crippen molar-refractivity contribution in [1.82, 2.24) is 10.4 Å². The number of benzene rings is 1. The van der Waals surface area contributed by atoms with Crippen LogP contribution < -0.4 is 5.43 Å². The minimum absolute atomic E-state index is 0.0394. The van der Waals surface area contributed by atoms with Gasteiger partial charge >= 0.3 is 0 Å². The smallest absolute Gasteiger partial charge is 0.128 e. The number of nitrogens with zero attached hydrogens (tertiary/aromatic N) is 1. The Bertz CT molecular complexity index is 315. The van der Waals surface area contributed by atoms with E-state index in [9.17, 15) is 4.39 Å². The predicted octanol–water partition coefficient (Wildman–Crippen LogP) is 2.72. The van der Waals surface area contributed by atoms with Crippen LogP contribution in [0.3, 0.4) is 0 Å². The number of hydrogen-bond donors (Lipinski definition) is 1. The molecule has 0 aliphatic rings. The van der Waals surface area contributed by atoms with Crippen molar-refractivity contribution in [1.29, 1.82) is 0 Å². The molecule has 78 valence electrons. The first-order valence-corrected chi connectivity index (χ1v) is 5.18. The number of hydrogen-bond acceptors (Lipinski definition) is 2. The Kier molecular flexibility index (Phi) is 4.04. The number of nitrogens with one attached hydrogen (secondary N) is 1. The van der Waals surface area contributed by atoms with Crippen molar-refractivity contribution in [2.45, 2.75) is 13.0 Å². The summed E-state index contributed by atoms with van der Waals surface area (Å²) in [6.07, 6.45) is 0. The summed E-state index contributed by atoms with van der Waals surface area (Å²) in [5, 5.41) is 1.81. The summed E-state index contributed by atoms with van der Waals surface area (Å²) in [5.74, 6) is -0.185. The van der Waals surface area contributed by atoms with Gasteiger partial charge in [-0.2, -0.15) is 0 Å². The van der Waals surface area contributed by atoms with Gasteiger partial charge in [0, 0.05) is 30.2 Å². The second-order valence-corrected chi connectivity index (χ2v) is 4.33. The lowest BCUT2D eigenvalue weighted by molar-refractivity contribution is 0.249. The molecule has 0 aromatic heterocycles. The molecule has 1 unspecified atom stereocenters. The number of halogens is 2. The molecule has 0 saturated carbocycles. The topological polar surface area (TPSA) is 15.3 Å². The molecule has 4 heteroatoms. The minimum atomic E-state index is -0.185. The second kappa shape index (κ2) is 4.87. The van der Waals surface area contributed by atoms with Crippen LogP contribution in [0.2, 0.25) is 0 Å². The Hall–Kier alpha value is -0.450. The van der Waals surface area contributed by atoms with Gasteiger partial charge < -0.3 is 0 Å². The summed E-state index contributed by atoms with van der Waals surface area (Å²) < 4.78 is 14.3. The van der Waals surface area contributed by atoms with Crippen molar-refractivity contribution < 1.29 is 4.39 Å². The fourth-order valence-electron chi connectivity index (χ4n) is 1.30. The molecule has 0 aliphatic heterocycles. The van der Waals surface area contributed by atoms with Crippen LogP contribution in [0.1, 0.15) is 18.5 Å². The zero-order chi connectivity index (χ0) is 10.7.